The minimum Gasteiger partial charge on any atom is -0.389 e. The fraction of sp³-hybridized carbons (Fsp3) is 0.600. The normalized spacial score (nSPS) is 15.5. The van der Waals surface area contributed by atoms with Crippen LogP contribution < -0.4 is 5.32 Å². The molecule has 0 amide bonds. The average Bonchev–Trinajstić information content (AvgIpc) is 2.20. The Labute approximate surface area is 109 Å². The zero-order valence-electron chi connectivity index (χ0n) is 12.0. The first-order chi connectivity index (χ1) is 8.09. The van der Waals surface area contributed by atoms with Gasteiger partial charge >= 0.3 is 0 Å². The third-order valence-corrected chi connectivity index (χ3v) is 2.88. The third kappa shape index (κ3) is 5.15. The van der Waals surface area contributed by atoms with E-state index in [4.69, 9.17) is 0 Å². The number of benzene rings is 1. The Morgan fingerprint density at radius 3 is 2.39 bits per heavy atom. The molecule has 3 heteroatoms. The summed E-state index contributed by atoms with van der Waals surface area (Å²) in [4.78, 5) is 0. The maximum absolute atomic E-state index is 13.2. The van der Waals surface area contributed by atoms with Gasteiger partial charge in [-0.1, -0.05) is 6.07 Å². The molecule has 0 heterocycles. The van der Waals surface area contributed by atoms with Crippen LogP contribution in [0.25, 0.3) is 0 Å². The Balaban J connectivity index is 2.72. The van der Waals surface area contributed by atoms with E-state index in [0.717, 1.165) is 11.1 Å². The van der Waals surface area contributed by atoms with Crippen LogP contribution in [0.4, 0.5) is 4.39 Å². The predicted molar refractivity (Wildman–Crippen MR) is 73.2 cm³/mol. The van der Waals surface area contributed by atoms with Gasteiger partial charge in [-0.2, -0.15) is 0 Å². The van der Waals surface area contributed by atoms with Crippen molar-refractivity contribution in [2.24, 2.45) is 0 Å². The molecule has 0 radical (unpaired) electrons. The highest BCUT2D eigenvalue weighted by molar-refractivity contribution is 5.28. The number of aliphatic hydroxyl groups is 1. The lowest BCUT2D eigenvalue weighted by Crippen LogP contribution is -2.47. The molecule has 1 atom stereocenters. The maximum atomic E-state index is 13.2. The Hall–Kier alpha value is -0.930. The molecule has 102 valence electrons. The largest absolute Gasteiger partial charge is 0.389 e. The molecule has 1 rings (SSSR count). The molecule has 2 N–H and O–H groups in total. The summed E-state index contributed by atoms with van der Waals surface area (Å²) in [5.74, 6) is -0.254. The first-order valence-electron chi connectivity index (χ1n) is 6.31. The molecule has 1 aromatic rings. The number of halogens is 1. The van der Waals surface area contributed by atoms with E-state index in [2.05, 4.69) is 26.1 Å². The number of rotatable bonds is 4. The van der Waals surface area contributed by atoms with Gasteiger partial charge in [0.05, 0.1) is 5.60 Å². The zero-order valence-corrected chi connectivity index (χ0v) is 12.0. The summed E-state index contributed by atoms with van der Waals surface area (Å²) in [6.45, 7) is 10.3. The molecule has 18 heavy (non-hydrogen) atoms. The monoisotopic (exact) mass is 253 g/mol. The summed E-state index contributed by atoms with van der Waals surface area (Å²) in [5.41, 5.74) is 0.940. The van der Waals surface area contributed by atoms with Crippen molar-refractivity contribution in [1.29, 1.82) is 0 Å². The SMILES string of the molecule is Cc1ccc(F)cc1CC(C)(O)CNC(C)(C)C. The Morgan fingerprint density at radius 1 is 1.22 bits per heavy atom. The Bertz CT molecular complexity index is 407. The topological polar surface area (TPSA) is 32.3 Å². The van der Waals surface area contributed by atoms with Crippen molar-refractivity contribution in [3.05, 3.63) is 35.1 Å². The van der Waals surface area contributed by atoms with Crippen molar-refractivity contribution in [2.75, 3.05) is 6.54 Å². The van der Waals surface area contributed by atoms with Crippen LogP contribution in [0.15, 0.2) is 18.2 Å². The summed E-state index contributed by atoms with van der Waals surface area (Å²) in [6.07, 6.45) is 0.444. The minimum absolute atomic E-state index is 0.0407. The van der Waals surface area contributed by atoms with Gasteiger partial charge in [0.15, 0.2) is 0 Å². The molecule has 0 aliphatic heterocycles. The quantitative estimate of drug-likeness (QED) is 0.865. The van der Waals surface area contributed by atoms with Gasteiger partial charge in [0.2, 0.25) is 0 Å². The molecule has 0 aliphatic rings. The smallest absolute Gasteiger partial charge is 0.123 e. The second-order valence-corrected chi connectivity index (χ2v) is 6.35. The first kappa shape index (κ1) is 15.1. The Kier molecular flexibility index (Phi) is 4.51. The average molecular weight is 253 g/mol. The highest BCUT2D eigenvalue weighted by Gasteiger charge is 2.24. The van der Waals surface area contributed by atoms with Gasteiger partial charge in [0.25, 0.3) is 0 Å². The maximum Gasteiger partial charge on any atom is 0.123 e. The molecule has 0 saturated carbocycles. The molecule has 2 nitrogen and oxygen atoms in total. The number of hydrogen-bond donors (Lipinski definition) is 2. The van der Waals surface area contributed by atoms with Crippen LogP contribution in [0.5, 0.6) is 0 Å². The molecule has 1 unspecified atom stereocenters. The van der Waals surface area contributed by atoms with Crippen LogP contribution in [-0.2, 0) is 6.42 Å². The highest BCUT2D eigenvalue weighted by Crippen LogP contribution is 2.18. The van der Waals surface area contributed by atoms with Crippen LogP contribution in [0.3, 0.4) is 0 Å². The number of β-amino-alcohol motifs (C(OH)–C–C–N with tert-alkyl or cyclic N) is 1. The van der Waals surface area contributed by atoms with Crippen molar-refractivity contribution in [1.82, 2.24) is 5.32 Å². The molecule has 0 spiro atoms. The minimum atomic E-state index is -0.883. The lowest BCUT2D eigenvalue weighted by molar-refractivity contribution is 0.0533. The van der Waals surface area contributed by atoms with E-state index in [1.807, 2.05) is 6.92 Å². The zero-order chi connectivity index (χ0) is 14.0. The van der Waals surface area contributed by atoms with Crippen LogP contribution in [0.1, 0.15) is 38.8 Å². The van der Waals surface area contributed by atoms with Crippen molar-refractivity contribution in [3.8, 4) is 0 Å². The summed E-state index contributed by atoms with van der Waals surface area (Å²) < 4.78 is 13.2. The van der Waals surface area contributed by atoms with Crippen LogP contribution in [-0.4, -0.2) is 22.8 Å². The van der Waals surface area contributed by atoms with E-state index < -0.39 is 5.60 Å². The summed E-state index contributed by atoms with van der Waals surface area (Å²) in [6, 6.07) is 4.69. The summed E-state index contributed by atoms with van der Waals surface area (Å²) in [5, 5.41) is 13.6. The molecule has 0 bridgehead atoms. The number of nitrogens with one attached hydrogen (secondary N) is 1. The van der Waals surface area contributed by atoms with Gasteiger partial charge in [-0.3, -0.25) is 0 Å². The Morgan fingerprint density at radius 2 is 1.83 bits per heavy atom. The molecular weight excluding hydrogens is 229 g/mol. The van der Waals surface area contributed by atoms with E-state index >= 15 is 0 Å². The van der Waals surface area contributed by atoms with E-state index in [9.17, 15) is 9.50 Å². The van der Waals surface area contributed by atoms with Gasteiger partial charge in [-0.05, 0) is 57.9 Å². The highest BCUT2D eigenvalue weighted by atomic mass is 19.1. The van der Waals surface area contributed by atoms with Crippen molar-refractivity contribution in [3.63, 3.8) is 0 Å². The molecule has 0 aliphatic carbocycles. The molecule has 0 aromatic heterocycles. The molecular formula is C15H24FNO. The van der Waals surface area contributed by atoms with Crippen LogP contribution in [0, 0.1) is 12.7 Å². The van der Waals surface area contributed by atoms with E-state index in [1.54, 1.807) is 13.0 Å². The van der Waals surface area contributed by atoms with Gasteiger partial charge in [0, 0.05) is 18.5 Å². The van der Waals surface area contributed by atoms with Crippen molar-refractivity contribution >= 4 is 0 Å². The van der Waals surface area contributed by atoms with Crippen molar-refractivity contribution in [2.45, 2.75) is 52.2 Å². The third-order valence-electron chi connectivity index (χ3n) is 2.88. The van der Waals surface area contributed by atoms with E-state index in [1.165, 1.54) is 12.1 Å². The van der Waals surface area contributed by atoms with Gasteiger partial charge in [-0.15, -0.1) is 0 Å². The first-order valence-corrected chi connectivity index (χ1v) is 6.31. The van der Waals surface area contributed by atoms with Crippen LogP contribution in [0.2, 0.25) is 0 Å². The van der Waals surface area contributed by atoms with Gasteiger partial charge in [-0.25, -0.2) is 4.39 Å². The molecule has 0 fully saturated rings. The fourth-order valence-electron chi connectivity index (χ4n) is 1.76. The second kappa shape index (κ2) is 5.37. The summed E-state index contributed by atoms with van der Waals surface area (Å²) >= 11 is 0. The van der Waals surface area contributed by atoms with E-state index in [-0.39, 0.29) is 11.4 Å². The lowest BCUT2D eigenvalue weighted by Gasteiger charge is -2.30. The predicted octanol–water partition coefficient (Wildman–Crippen LogP) is 2.82. The number of hydrogen-bond acceptors (Lipinski definition) is 2. The standard InChI is InChI=1S/C15H24FNO/c1-11-6-7-13(16)8-12(11)9-15(5,18)10-17-14(2,3)4/h6-8,17-18H,9-10H2,1-5H3. The van der Waals surface area contributed by atoms with Crippen LogP contribution >= 0.6 is 0 Å². The second-order valence-electron chi connectivity index (χ2n) is 6.35. The number of aryl methyl sites for hydroxylation is 1. The summed E-state index contributed by atoms with van der Waals surface area (Å²) in [7, 11) is 0. The lowest BCUT2D eigenvalue weighted by atomic mass is 9.92. The van der Waals surface area contributed by atoms with E-state index in [0.29, 0.717) is 13.0 Å². The fourth-order valence-corrected chi connectivity index (χ4v) is 1.76. The molecule has 0 saturated heterocycles. The van der Waals surface area contributed by atoms with Gasteiger partial charge in [0.1, 0.15) is 5.82 Å². The van der Waals surface area contributed by atoms with Gasteiger partial charge < -0.3 is 10.4 Å². The molecule has 1 aromatic carbocycles. The van der Waals surface area contributed by atoms with Crippen molar-refractivity contribution < 1.29 is 9.50 Å².